The van der Waals surface area contributed by atoms with Crippen molar-refractivity contribution in [2.75, 3.05) is 7.11 Å². The summed E-state index contributed by atoms with van der Waals surface area (Å²) in [6.45, 7) is 0. The summed E-state index contributed by atoms with van der Waals surface area (Å²) in [5.74, 6) is -0.753. The van der Waals surface area contributed by atoms with Crippen LogP contribution in [0, 0.1) is 0 Å². The third-order valence-corrected chi connectivity index (χ3v) is 2.55. The number of carbonyl (C=O) groups is 1. The summed E-state index contributed by atoms with van der Waals surface area (Å²) in [6, 6.07) is 15.0. The van der Waals surface area contributed by atoms with Gasteiger partial charge in [0.25, 0.3) is 0 Å². The van der Waals surface area contributed by atoms with Crippen LogP contribution in [0.15, 0.2) is 54.7 Å². The normalized spacial score (nSPS) is 11.8. The van der Waals surface area contributed by atoms with E-state index >= 15 is 0 Å². The van der Waals surface area contributed by atoms with Crippen molar-refractivity contribution in [3.05, 3.63) is 66.0 Å². The van der Waals surface area contributed by atoms with Crippen molar-refractivity contribution in [2.24, 2.45) is 0 Å². The fourth-order valence-corrected chi connectivity index (χ4v) is 1.74. The SMILES string of the molecule is COC(=O)C(c1ccccc1)c1ccccn1. The third kappa shape index (κ3) is 2.50. The number of rotatable bonds is 3. The van der Waals surface area contributed by atoms with Crippen LogP contribution in [-0.2, 0) is 9.53 Å². The van der Waals surface area contributed by atoms with Gasteiger partial charge in [0.1, 0.15) is 5.92 Å². The van der Waals surface area contributed by atoms with Crippen LogP contribution in [-0.4, -0.2) is 18.1 Å². The van der Waals surface area contributed by atoms with Crippen molar-refractivity contribution in [2.45, 2.75) is 5.92 Å². The van der Waals surface area contributed by atoms with E-state index in [0.29, 0.717) is 5.69 Å². The zero-order valence-corrected chi connectivity index (χ0v) is 9.54. The first-order valence-corrected chi connectivity index (χ1v) is 5.36. The summed E-state index contributed by atoms with van der Waals surface area (Å²) >= 11 is 0. The Bertz CT molecular complexity index is 443. The molecule has 0 saturated carbocycles. The van der Waals surface area contributed by atoms with Crippen molar-refractivity contribution in [3.63, 3.8) is 0 Å². The summed E-state index contributed by atoms with van der Waals surface area (Å²) in [6.07, 6.45) is 1.67. The van der Waals surface area contributed by atoms with Crippen LogP contribution in [0.4, 0.5) is 0 Å². The van der Waals surface area contributed by atoms with Gasteiger partial charge in [0, 0.05) is 6.20 Å². The van der Waals surface area contributed by atoms with E-state index in [1.807, 2.05) is 48.5 Å². The minimum absolute atomic E-state index is 0.296. The van der Waals surface area contributed by atoms with Crippen LogP contribution in [0.3, 0.4) is 0 Å². The molecule has 1 aromatic carbocycles. The second kappa shape index (κ2) is 5.25. The first kappa shape index (κ1) is 11.3. The minimum atomic E-state index is -0.456. The molecular formula is C14H13NO2. The van der Waals surface area contributed by atoms with E-state index in [-0.39, 0.29) is 5.97 Å². The Balaban J connectivity index is 2.43. The number of hydrogen-bond acceptors (Lipinski definition) is 3. The van der Waals surface area contributed by atoms with Crippen LogP contribution < -0.4 is 0 Å². The number of ether oxygens (including phenoxy) is 1. The molecule has 0 amide bonds. The number of hydrogen-bond donors (Lipinski definition) is 0. The second-order valence-corrected chi connectivity index (χ2v) is 3.62. The van der Waals surface area contributed by atoms with Gasteiger partial charge in [0.2, 0.25) is 0 Å². The van der Waals surface area contributed by atoms with Gasteiger partial charge in [0.15, 0.2) is 0 Å². The molecule has 3 heteroatoms. The van der Waals surface area contributed by atoms with Gasteiger partial charge in [-0.25, -0.2) is 0 Å². The smallest absolute Gasteiger partial charge is 0.319 e. The van der Waals surface area contributed by atoms with Crippen LogP contribution in [0.1, 0.15) is 17.2 Å². The highest BCUT2D eigenvalue weighted by Gasteiger charge is 2.24. The Kier molecular flexibility index (Phi) is 3.50. The fraction of sp³-hybridized carbons (Fsp3) is 0.143. The Morgan fingerprint density at radius 1 is 1.12 bits per heavy atom. The van der Waals surface area contributed by atoms with Gasteiger partial charge < -0.3 is 4.74 Å². The molecule has 0 aliphatic heterocycles. The Labute approximate surface area is 100 Å². The predicted octanol–water partition coefficient (Wildman–Crippen LogP) is 2.39. The van der Waals surface area contributed by atoms with Gasteiger partial charge >= 0.3 is 5.97 Å². The van der Waals surface area contributed by atoms with Gasteiger partial charge in [-0.3, -0.25) is 9.78 Å². The van der Waals surface area contributed by atoms with Crippen molar-refractivity contribution in [1.82, 2.24) is 4.98 Å². The van der Waals surface area contributed by atoms with Crippen molar-refractivity contribution in [1.29, 1.82) is 0 Å². The summed E-state index contributed by atoms with van der Waals surface area (Å²) in [7, 11) is 1.39. The second-order valence-electron chi connectivity index (χ2n) is 3.62. The Morgan fingerprint density at radius 3 is 2.41 bits per heavy atom. The van der Waals surface area contributed by atoms with E-state index in [2.05, 4.69) is 4.98 Å². The largest absolute Gasteiger partial charge is 0.468 e. The molecule has 1 aromatic heterocycles. The molecular weight excluding hydrogens is 214 g/mol. The average molecular weight is 227 g/mol. The summed E-state index contributed by atoms with van der Waals surface area (Å²) in [5, 5.41) is 0. The highest BCUT2D eigenvalue weighted by Crippen LogP contribution is 2.23. The fourth-order valence-electron chi connectivity index (χ4n) is 1.74. The maximum Gasteiger partial charge on any atom is 0.319 e. The van der Waals surface area contributed by atoms with Crippen molar-refractivity contribution in [3.8, 4) is 0 Å². The van der Waals surface area contributed by atoms with E-state index in [9.17, 15) is 4.79 Å². The lowest BCUT2D eigenvalue weighted by molar-refractivity contribution is -0.141. The topological polar surface area (TPSA) is 39.2 Å². The zero-order valence-electron chi connectivity index (χ0n) is 9.54. The number of aromatic nitrogens is 1. The molecule has 0 aliphatic rings. The molecule has 0 aliphatic carbocycles. The maximum absolute atomic E-state index is 11.9. The molecule has 0 N–H and O–H groups in total. The van der Waals surface area contributed by atoms with Gasteiger partial charge in [-0.2, -0.15) is 0 Å². The van der Waals surface area contributed by atoms with Gasteiger partial charge in [-0.05, 0) is 17.7 Å². The standard InChI is InChI=1S/C14H13NO2/c1-17-14(16)13(11-7-3-2-4-8-11)12-9-5-6-10-15-12/h2-10,13H,1H3. The molecule has 86 valence electrons. The van der Waals surface area contributed by atoms with Crippen LogP contribution in [0.25, 0.3) is 0 Å². The van der Waals surface area contributed by atoms with E-state index in [0.717, 1.165) is 5.56 Å². The Hall–Kier alpha value is -2.16. The van der Waals surface area contributed by atoms with Crippen LogP contribution in [0.2, 0.25) is 0 Å². The molecule has 17 heavy (non-hydrogen) atoms. The van der Waals surface area contributed by atoms with Gasteiger partial charge in [-0.1, -0.05) is 36.4 Å². The van der Waals surface area contributed by atoms with E-state index in [1.165, 1.54) is 7.11 Å². The monoisotopic (exact) mass is 227 g/mol. The highest BCUT2D eigenvalue weighted by molar-refractivity contribution is 5.81. The highest BCUT2D eigenvalue weighted by atomic mass is 16.5. The molecule has 0 radical (unpaired) electrons. The minimum Gasteiger partial charge on any atom is -0.468 e. The summed E-state index contributed by atoms with van der Waals surface area (Å²) < 4.78 is 4.84. The number of carbonyl (C=O) groups excluding carboxylic acids is 1. The first-order valence-electron chi connectivity index (χ1n) is 5.36. The van der Waals surface area contributed by atoms with Crippen LogP contribution in [0.5, 0.6) is 0 Å². The lowest BCUT2D eigenvalue weighted by atomic mass is 9.95. The molecule has 2 aromatic rings. The number of benzene rings is 1. The van der Waals surface area contributed by atoms with E-state index in [4.69, 9.17) is 4.74 Å². The maximum atomic E-state index is 11.9. The number of pyridine rings is 1. The molecule has 0 fully saturated rings. The predicted molar refractivity (Wildman–Crippen MR) is 64.5 cm³/mol. The zero-order chi connectivity index (χ0) is 12.1. The molecule has 0 bridgehead atoms. The van der Waals surface area contributed by atoms with E-state index in [1.54, 1.807) is 6.20 Å². The summed E-state index contributed by atoms with van der Waals surface area (Å²) in [4.78, 5) is 16.1. The van der Waals surface area contributed by atoms with Crippen LogP contribution >= 0.6 is 0 Å². The molecule has 0 saturated heterocycles. The van der Waals surface area contributed by atoms with Gasteiger partial charge in [-0.15, -0.1) is 0 Å². The third-order valence-electron chi connectivity index (χ3n) is 2.55. The van der Waals surface area contributed by atoms with Crippen molar-refractivity contribution >= 4 is 5.97 Å². The molecule has 1 atom stereocenters. The molecule has 1 unspecified atom stereocenters. The van der Waals surface area contributed by atoms with E-state index < -0.39 is 5.92 Å². The Morgan fingerprint density at radius 2 is 1.82 bits per heavy atom. The number of esters is 1. The number of nitrogens with zero attached hydrogens (tertiary/aromatic N) is 1. The molecule has 1 heterocycles. The average Bonchev–Trinajstić information content (AvgIpc) is 2.41. The lowest BCUT2D eigenvalue weighted by Gasteiger charge is -2.14. The lowest BCUT2D eigenvalue weighted by Crippen LogP contribution is -2.16. The summed E-state index contributed by atoms with van der Waals surface area (Å²) in [5.41, 5.74) is 1.59. The first-order chi connectivity index (χ1) is 8.33. The molecule has 3 nitrogen and oxygen atoms in total. The van der Waals surface area contributed by atoms with Gasteiger partial charge in [0.05, 0.1) is 12.8 Å². The number of methoxy groups -OCH3 is 1. The van der Waals surface area contributed by atoms with Crippen molar-refractivity contribution < 1.29 is 9.53 Å². The molecule has 2 rings (SSSR count). The quantitative estimate of drug-likeness (QED) is 0.756. The molecule has 0 spiro atoms.